The van der Waals surface area contributed by atoms with Gasteiger partial charge in [0.1, 0.15) is 0 Å². The molecule has 0 aliphatic heterocycles. The maximum absolute atomic E-state index is 2.54. The Labute approximate surface area is 470 Å². The minimum Gasteiger partial charge on any atom is -0.340 e. The van der Waals surface area contributed by atoms with Crippen molar-refractivity contribution in [2.45, 2.75) is 105 Å². The average molecular weight is 1040 g/mol. The first kappa shape index (κ1) is 49.7. The van der Waals surface area contributed by atoms with Crippen LogP contribution in [0, 0.1) is 0 Å². The number of rotatable bonds is 17. The van der Waals surface area contributed by atoms with Gasteiger partial charge < -0.3 is 18.3 Å². The highest BCUT2D eigenvalue weighted by atomic mass is 15.0. The molecule has 0 saturated heterocycles. The van der Waals surface area contributed by atoms with Crippen LogP contribution in [0.4, 0.5) is 0 Å². The molecule has 0 bridgehead atoms. The first-order valence-corrected chi connectivity index (χ1v) is 29.9. The summed E-state index contributed by atoms with van der Waals surface area (Å²) in [5.74, 6) is 0. The molecule has 4 nitrogen and oxygen atoms in total. The number of benzene rings is 10. The van der Waals surface area contributed by atoms with Crippen molar-refractivity contribution in [2.75, 3.05) is 0 Å². The maximum atomic E-state index is 2.54. The van der Waals surface area contributed by atoms with Crippen molar-refractivity contribution in [1.82, 2.24) is 18.3 Å². The van der Waals surface area contributed by atoms with Gasteiger partial charge in [0, 0.05) is 113 Å². The summed E-state index contributed by atoms with van der Waals surface area (Å²) in [5.41, 5.74) is 22.6. The number of para-hydroxylation sites is 4. The molecule has 0 amide bonds. The molecule has 80 heavy (non-hydrogen) atoms. The normalized spacial score (nSPS) is 12.1. The SMILES string of the molecule is CCCCn1c2ccccc2c2cc(-c3cc(-c4cc(-c5ccc6c(c5)c5ccccc5n6CCCC)cc(-c5ccc6c(c5)c5ccccc5n6CCCC)c4)cc(-c4ccc5c(c4)c4ccccc4n5CCCC)c3)ccc21. The summed E-state index contributed by atoms with van der Waals surface area (Å²) < 4.78 is 10.2. The first-order chi connectivity index (χ1) is 39.5. The molecule has 0 unspecified atom stereocenters. The summed E-state index contributed by atoms with van der Waals surface area (Å²) >= 11 is 0. The van der Waals surface area contributed by atoms with Crippen LogP contribution in [0.25, 0.3) is 143 Å². The fourth-order valence-corrected chi connectivity index (χ4v) is 13.4. The van der Waals surface area contributed by atoms with Gasteiger partial charge in [-0.2, -0.15) is 0 Å². The Hall–Kier alpha value is -8.60. The van der Waals surface area contributed by atoms with Crippen molar-refractivity contribution in [3.63, 3.8) is 0 Å². The van der Waals surface area contributed by atoms with E-state index in [1.54, 1.807) is 0 Å². The molecule has 0 aliphatic rings. The predicted octanol–water partition coefficient (Wildman–Crippen LogP) is 21.7. The van der Waals surface area contributed by atoms with Gasteiger partial charge in [0.05, 0.1) is 0 Å². The Kier molecular flexibility index (Phi) is 13.0. The standard InChI is InChI=1S/C76H70N4/c1-5-9-37-77-69-25-17-13-21-61(69)65-47-51(29-33-73(65)77)55-41-56(52-30-34-74-66(48-52)62-22-14-18-26-70(62)78(74)38-10-6-2)44-59(43-55)60-45-57(53-31-35-75-67(49-53)63-23-15-19-27-71(63)79(75)39-11-7-3)42-58(46-60)54-32-36-76-68(50-54)64-24-16-20-28-72(64)80(76)40-12-8-4/h13-36,41-50H,5-12,37-40H2,1-4H3. The van der Waals surface area contributed by atoms with E-state index in [0.717, 1.165) is 77.5 Å². The summed E-state index contributed by atoms with van der Waals surface area (Å²) in [6, 6.07) is 79.6. The zero-order chi connectivity index (χ0) is 53.8. The Morgan fingerprint density at radius 3 is 0.625 bits per heavy atom. The zero-order valence-corrected chi connectivity index (χ0v) is 46.9. The van der Waals surface area contributed by atoms with E-state index in [0.29, 0.717) is 0 Å². The lowest BCUT2D eigenvalue weighted by molar-refractivity contribution is 0.665. The van der Waals surface area contributed by atoms with Crippen molar-refractivity contribution in [3.05, 3.63) is 206 Å². The second-order valence-electron chi connectivity index (χ2n) is 22.6. The second kappa shape index (κ2) is 20.9. The van der Waals surface area contributed by atoms with Crippen LogP contribution in [0.2, 0.25) is 0 Å². The van der Waals surface area contributed by atoms with E-state index >= 15 is 0 Å². The number of unbranched alkanes of at least 4 members (excludes halogenated alkanes) is 4. The lowest BCUT2D eigenvalue weighted by Crippen LogP contribution is -1.97. The van der Waals surface area contributed by atoms with E-state index in [1.807, 2.05) is 0 Å². The van der Waals surface area contributed by atoms with Crippen LogP contribution in [0.3, 0.4) is 0 Å². The van der Waals surface area contributed by atoms with Crippen LogP contribution in [-0.4, -0.2) is 18.3 Å². The van der Waals surface area contributed by atoms with Crippen LogP contribution in [0.5, 0.6) is 0 Å². The highest BCUT2D eigenvalue weighted by Gasteiger charge is 2.19. The molecule has 0 spiro atoms. The molecular formula is C76H70N4. The Bertz CT molecular complexity index is 4080. The predicted molar refractivity (Wildman–Crippen MR) is 345 cm³/mol. The minimum absolute atomic E-state index is 1.01. The van der Waals surface area contributed by atoms with Crippen molar-refractivity contribution < 1.29 is 0 Å². The molecule has 0 radical (unpaired) electrons. The van der Waals surface area contributed by atoms with Crippen LogP contribution in [0.15, 0.2) is 206 Å². The van der Waals surface area contributed by atoms with E-state index < -0.39 is 0 Å². The fraction of sp³-hybridized carbons (Fsp3) is 0.211. The summed E-state index contributed by atoms with van der Waals surface area (Å²) in [7, 11) is 0. The molecule has 4 aromatic heterocycles. The van der Waals surface area contributed by atoms with Gasteiger partial charge in [0.2, 0.25) is 0 Å². The lowest BCUT2D eigenvalue weighted by Gasteiger charge is -2.16. The lowest BCUT2D eigenvalue weighted by atomic mass is 9.89. The number of fused-ring (bicyclic) bond motifs is 12. The molecule has 4 heterocycles. The monoisotopic (exact) mass is 1040 g/mol. The summed E-state index contributed by atoms with van der Waals surface area (Å²) in [6.07, 6.45) is 9.23. The molecule has 10 aromatic carbocycles. The molecule has 0 N–H and O–H groups in total. The van der Waals surface area contributed by atoms with Gasteiger partial charge in [0.25, 0.3) is 0 Å². The van der Waals surface area contributed by atoms with Crippen LogP contribution >= 0.6 is 0 Å². The molecular weight excluding hydrogens is 969 g/mol. The molecule has 0 fully saturated rings. The summed E-state index contributed by atoms with van der Waals surface area (Å²) in [6.45, 7) is 13.2. The molecule has 14 aromatic rings. The van der Waals surface area contributed by atoms with Gasteiger partial charge >= 0.3 is 0 Å². The van der Waals surface area contributed by atoms with Gasteiger partial charge in [-0.05, 0) is 191 Å². The van der Waals surface area contributed by atoms with Crippen molar-refractivity contribution in [1.29, 1.82) is 0 Å². The first-order valence-electron chi connectivity index (χ1n) is 29.9. The zero-order valence-electron chi connectivity index (χ0n) is 46.9. The summed E-state index contributed by atoms with van der Waals surface area (Å²) in [4.78, 5) is 0. The number of nitrogens with zero attached hydrogens (tertiary/aromatic N) is 4. The van der Waals surface area contributed by atoms with Crippen molar-refractivity contribution in [2.24, 2.45) is 0 Å². The number of aromatic nitrogens is 4. The Morgan fingerprint density at radius 1 is 0.200 bits per heavy atom. The van der Waals surface area contributed by atoms with E-state index in [2.05, 4.69) is 252 Å². The molecule has 4 heteroatoms. The number of hydrogen-bond acceptors (Lipinski definition) is 0. The third-order valence-electron chi connectivity index (χ3n) is 17.6. The summed E-state index contributed by atoms with van der Waals surface area (Å²) in [5, 5.41) is 10.5. The van der Waals surface area contributed by atoms with Crippen molar-refractivity contribution >= 4 is 87.2 Å². The van der Waals surface area contributed by atoms with Gasteiger partial charge in [0.15, 0.2) is 0 Å². The van der Waals surface area contributed by atoms with Crippen LogP contribution in [-0.2, 0) is 26.2 Å². The van der Waals surface area contributed by atoms with Crippen molar-refractivity contribution in [3.8, 4) is 55.6 Å². The fourth-order valence-electron chi connectivity index (χ4n) is 13.4. The van der Waals surface area contributed by atoms with E-state index in [4.69, 9.17) is 0 Å². The molecule has 0 atom stereocenters. The van der Waals surface area contributed by atoms with E-state index in [1.165, 1.54) is 143 Å². The third kappa shape index (κ3) is 8.50. The Morgan fingerprint density at radius 2 is 0.400 bits per heavy atom. The topological polar surface area (TPSA) is 19.7 Å². The highest BCUT2D eigenvalue weighted by Crippen LogP contribution is 2.43. The van der Waals surface area contributed by atoms with Crippen LogP contribution < -0.4 is 0 Å². The smallest absolute Gasteiger partial charge is 0.0491 e. The quantitative estimate of drug-likeness (QED) is 0.0866. The largest absolute Gasteiger partial charge is 0.340 e. The number of hydrogen-bond donors (Lipinski definition) is 0. The van der Waals surface area contributed by atoms with Gasteiger partial charge in [-0.15, -0.1) is 0 Å². The van der Waals surface area contributed by atoms with Gasteiger partial charge in [-0.25, -0.2) is 0 Å². The molecule has 14 rings (SSSR count). The van der Waals surface area contributed by atoms with E-state index in [9.17, 15) is 0 Å². The molecule has 0 saturated carbocycles. The second-order valence-corrected chi connectivity index (χ2v) is 22.6. The van der Waals surface area contributed by atoms with Gasteiger partial charge in [-0.3, -0.25) is 0 Å². The number of aryl methyl sites for hydroxylation is 4. The maximum Gasteiger partial charge on any atom is 0.0491 e. The van der Waals surface area contributed by atoms with E-state index in [-0.39, 0.29) is 0 Å². The molecule has 394 valence electrons. The molecule has 0 aliphatic carbocycles. The highest BCUT2D eigenvalue weighted by molar-refractivity contribution is 6.13. The Balaban J connectivity index is 1.01. The minimum atomic E-state index is 1.01. The van der Waals surface area contributed by atoms with Gasteiger partial charge in [-0.1, -0.05) is 150 Å². The van der Waals surface area contributed by atoms with Crippen LogP contribution in [0.1, 0.15) is 79.1 Å². The average Bonchev–Trinajstić information content (AvgIpc) is 4.32. The third-order valence-corrected chi connectivity index (χ3v) is 17.6.